The van der Waals surface area contributed by atoms with E-state index in [2.05, 4.69) is 17.1 Å². The Morgan fingerprint density at radius 1 is 1.08 bits per heavy atom. The molecular formula is C19H20N4O. The number of H-pyrrole nitrogens is 1. The molecule has 24 heavy (non-hydrogen) atoms. The van der Waals surface area contributed by atoms with Gasteiger partial charge in [0.2, 0.25) is 0 Å². The zero-order chi connectivity index (χ0) is 16.5. The van der Waals surface area contributed by atoms with Gasteiger partial charge in [0, 0.05) is 43.9 Å². The van der Waals surface area contributed by atoms with Gasteiger partial charge in [-0.15, -0.1) is 0 Å². The molecule has 5 nitrogen and oxygen atoms in total. The van der Waals surface area contributed by atoms with E-state index in [-0.39, 0.29) is 5.91 Å². The minimum atomic E-state index is 0.0655. The molecule has 0 bridgehead atoms. The van der Waals surface area contributed by atoms with Gasteiger partial charge in [-0.05, 0) is 18.6 Å². The third-order valence-corrected chi connectivity index (χ3v) is 4.64. The highest BCUT2D eigenvalue weighted by atomic mass is 16.2. The zero-order valence-corrected chi connectivity index (χ0v) is 13.7. The summed E-state index contributed by atoms with van der Waals surface area (Å²) in [4.78, 5) is 17.5. The van der Waals surface area contributed by atoms with Crippen molar-refractivity contribution in [3.8, 4) is 11.3 Å². The van der Waals surface area contributed by atoms with Crippen LogP contribution >= 0.6 is 0 Å². The number of amides is 1. The van der Waals surface area contributed by atoms with Crippen LogP contribution in [0.2, 0.25) is 0 Å². The lowest BCUT2D eigenvalue weighted by atomic mass is 10.0. The summed E-state index contributed by atoms with van der Waals surface area (Å²) < 4.78 is 1.97. The largest absolute Gasteiger partial charge is 0.357 e. The van der Waals surface area contributed by atoms with Crippen molar-refractivity contribution in [1.29, 1.82) is 0 Å². The molecule has 0 saturated carbocycles. The number of fused-ring (bicyclic) bond motifs is 1. The first-order chi connectivity index (χ1) is 11.7. The molecule has 0 fully saturated rings. The number of aromatic amines is 1. The number of nitrogens with zero attached hydrogens (tertiary/aromatic N) is 3. The van der Waals surface area contributed by atoms with Gasteiger partial charge >= 0.3 is 0 Å². The van der Waals surface area contributed by atoms with Gasteiger partial charge in [0.1, 0.15) is 5.69 Å². The maximum absolute atomic E-state index is 12.6. The van der Waals surface area contributed by atoms with E-state index in [1.54, 1.807) is 6.20 Å². The number of aromatic nitrogens is 3. The van der Waals surface area contributed by atoms with Crippen LogP contribution in [0.1, 0.15) is 21.7 Å². The Bertz CT molecular complexity index is 849. The van der Waals surface area contributed by atoms with E-state index >= 15 is 0 Å². The Kier molecular flexibility index (Phi) is 3.69. The number of carbonyl (C=O) groups is 1. The van der Waals surface area contributed by atoms with Gasteiger partial charge in [0.15, 0.2) is 0 Å². The van der Waals surface area contributed by atoms with Crippen molar-refractivity contribution in [2.24, 2.45) is 7.05 Å². The topological polar surface area (TPSA) is 53.9 Å². The molecule has 5 heteroatoms. The lowest BCUT2D eigenvalue weighted by Gasteiger charge is -2.19. The predicted octanol–water partition coefficient (Wildman–Crippen LogP) is 2.66. The van der Waals surface area contributed by atoms with Crippen molar-refractivity contribution < 1.29 is 4.79 Å². The molecule has 0 atom stereocenters. The number of hydrogen-bond donors (Lipinski definition) is 1. The van der Waals surface area contributed by atoms with E-state index in [9.17, 15) is 4.79 Å². The first-order valence-electron chi connectivity index (χ1n) is 8.27. The molecule has 1 amide bonds. The summed E-state index contributed by atoms with van der Waals surface area (Å²) in [6.07, 6.45) is 3.41. The normalized spacial score (nSPS) is 14.3. The molecular weight excluding hydrogens is 300 g/mol. The zero-order valence-electron chi connectivity index (χ0n) is 13.7. The Balaban J connectivity index is 1.62. The summed E-state index contributed by atoms with van der Waals surface area (Å²) in [5.74, 6) is 0.0655. The van der Waals surface area contributed by atoms with Crippen molar-refractivity contribution >= 4 is 5.91 Å². The smallest absolute Gasteiger partial charge is 0.270 e. The van der Waals surface area contributed by atoms with Gasteiger partial charge < -0.3 is 9.88 Å². The second-order valence-corrected chi connectivity index (χ2v) is 6.14. The Morgan fingerprint density at radius 2 is 1.88 bits per heavy atom. The standard InChI is InChI=1S/C19H20N4O/c1-22-18(14-6-3-2-4-7-14)15-9-12-23(13-10-16(15)21-22)19(24)17-8-5-11-20-17/h2-8,11,20H,9-10,12-13H2,1H3. The molecule has 0 spiro atoms. The molecule has 3 heterocycles. The van der Waals surface area contributed by atoms with Crippen LogP contribution in [-0.2, 0) is 19.9 Å². The fourth-order valence-electron chi connectivity index (χ4n) is 3.48. The van der Waals surface area contributed by atoms with E-state index < -0.39 is 0 Å². The van der Waals surface area contributed by atoms with Gasteiger partial charge in [0.05, 0.1) is 11.4 Å². The molecule has 1 aliphatic heterocycles. The van der Waals surface area contributed by atoms with Crippen LogP contribution < -0.4 is 0 Å². The van der Waals surface area contributed by atoms with E-state index in [0.29, 0.717) is 12.2 Å². The van der Waals surface area contributed by atoms with Crippen molar-refractivity contribution in [3.63, 3.8) is 0 Å². The van der Waals surface area contributed by atoms with Crippen molar-refractivity contribution in [2.45, 2.75) is 12.8 Å². The summed E-state index contributed by atoms with van der Waals surface area (Å²) in [6, 6.07) is 14.0. The average Bonchev–Trinajstić information content (AvgIpc) is 3.19. The molecule has 0 radical (unpaired) electrons. The number of aryl methyl sites for hydroxylation is 1. The van der Waals surface area contributed by atoms with E-state index in [1.807, 2.05) is 47.0 Å². The molecule has 3 aromatic rings. The van der Waals surface area contributed by atoms with Crippen molar-refractivity contribution in [3.05, 3.63) is 65.6 Å². The summed E-state index contributed by atoms with van der Waals surface area (Å²) in [6.45, 7) is 1.42. The average molecular weight is 320 g/mol. The quantitative estimate of drug-likeness (QED) is 0.789. The summed E-state index contributed by atoms with van der Waals surface area (Å²) in [7, 11) is 2.00. The maximum Gasteiger partial charge on any atom is 0.270 e. The van der Waals surface area contributed by atoms with E-state index in [4.69, 9.17) is 5.10 Å². The van der Waals surface area contributed by atoms with Crippen molar-refractivity contribution in [1.82, 2.24) is 19.7 Å². The van der Waals surface area contributed by atoms with Gasteiger partial charge in [-0.3, -0.25) is 9.48 Å². The fourth-order valence-corrected chi connectivity index (χ4v) is 3.48. The Labute approximate surface area is 140 Å². The third-order valence-electron chi connectivity index (χ3n) is 4.64. The maximum atomic E-state index is 12.6. The predicted molar refractivity (Wildman–Crippen MR) is 92.7 cm³/mol. The Hall–Kier alpha value is -2.82. The Morgan fingerprint density at radius 3 is 2.62 bits per heavy atom. The van der Waals surface area contributed by atoms with Crippen molar-refractivity contribution in [2.75, 3.05) is 13.1 Å². The molecule has 1 aliphatic rings. The summed E-state index contributed by atoms with van der Waals surface area (Å²) >= 11 is 0. The van der Waals surface area contributed by atoms with Crippen LogP contribution in [0.15, 0.2) is 48.7 Å². The van der Waals surface area contributed by atoms with Gasteiger partial charge in [-0.2, -0.15) is 5.10 Å². The molecule has 122 valence electrons. The number of nitrogens with one attached hydrogen (secondary N) is 1. The third kappa shape index (κ3) is 2.52. The van der Waals surface area contributed by atoms with Crippen LogP contribution in [0.3, 0.4) is 0 Å². The molecule has 4 rings (SSSR count). The highest BCUT2D eigenvalue weighted by Crippen LogP contribution is 2.28. The highest BCUT2D eigenvalue weighted by Gasteiger charge is 2.25. The summed E-state index contributed by atoms with van der Waals surface area (Å²) in [5.41, 5.74) is 5.37. The number of rotatable bonds is 2. The SMILES string of the molecule is Cn1nc2c(c1-c1ccccc1)CCN(C(=O)c1ccc[nH]1)CC2. The lowest BCUT2D eigenvalue weighted by molar-refractivity contribution is 0.0757. The first kappa shape index (κ1) is 14.8. The molecule has 1 N–H and O–H groups in total. The molecule has 2 aromatic heterocycles. The molecule has 0 aliphatic carbocycles. The number of benzene rings is 1. The van der Waals surface area contributed by atoms with Crippen LogP contribution in [0.5, 0.6) is 0 Å². The van der Waals surface area contributed by atoms with E-state index in [0.717, 1.165) is 25.1 Å². The fraction of sp³-hybridized carbons (Fsp3) is 0.263. The number of hydrogen-bond acceptors (Lipinski definition) is 2. The minimum absolute atomic E-state index is 0.0655. The number of carbonyl (C=O) groups excluding carboxylic acids is 1. The van der Waals surface area contributed by atoms with Gasteiger partial charge in [-0.1, -0.05) is 30.3 Å². The van der Waals surface area contributed by atoms with Crippen LogP contribution in [0, 0.1) is 0 Å². The highest BCUT2D eigenvalue weighted by molar-refractivity contribution is 5.92. The lowest BCUT2D eigenvalue weighted by Crippen LogP contribution is -2.33. The van der Waals surface area contributed by atoms with Gasteiger partial charge in [-0.25, -0.2) is 0 Å². The van der Waals surface area contributed by atoms with Crippen LogP contribution in [0.4, 0.5) is 0 Å². The monoisotopic (exact) mass is 320 g/mol. The van der Waals surface area contributed by atoms with E-state index in [1.165, 1.54) is 16.8 Å². The van der Waals surface area contributed by atoms with Gasteiger partial charge in [0.25, 0.3) is 5.91 Å². The molecule has 0 unspecified atom stereocenters. The second-order valence-electron chi connectivity index (χ2n) is 6.14. The van der Waals surface area contributed by atoms with Crippen LogP contribution in [-0.4, -0.2) is 38.7 Å². The summed E-state index contributed by atoms with van der Waals surface area (Å²) in [5, 5.41) is 4.71. The van der Waals surface area contributed by atoms with Crippen LogP contribution in [0.25, 0.3) is 11.3 Å². The minimum Gasteiger partial charge on any atom is -0.357 e. The molecule has 0 saturated heterocycles. The first-order valence-corrected chi connectivity index (χ1v) is 8.27. The second kappa shape index (κ2) is 6.00. The molecule has 1 aromatic carbocycles.